The summed E-state index contributed by atoms with van der Waals surface area (Å²) in [6.07, 6.45) is 0.0965. The summed E-state index contributed by atoms with van der Waals surface area (Å²) in [5.41, 5.74) is 1.92. The molecule has 128 valence electrons. The first-order chi connectivity index (χ1) is 10.8. The van der Waals surface area contributed by atoms with E-state index in [-0.39, 0.29) is 24.9 Å². The van der Waals surface area contributed by atoms with Crippen molar-refractivity contribution < 1.29 is 27.9 Å². The van der Waals surface area contributed by atoms with E-state index in [0.29, 0.717) is 5.75 Å². The Balaban J connectivity index is 2.46. The third-order valence-electron chi connectivity index (χ3n) is 3.23. The first kappa shape index (κ1) is 19.6. The lowest BCUT2D eigenvalue weighted by Gasteiger charge is -2.14. The van der Waals surface area contributed by atoms with Crippen LogP contribution >= 0.6 is 7.60 Å². The second-order valence-corrected chi connectivity index (χ2v) is 7.37. The zero-order valence-electron chi connectivity index (χ0n) is 14.0. The van der Waals surface area contributed by atoms with E-state index in [2.05, 4.69) is 6.58 Å². The molecule has 23 heavy (non-hydrogen) atoms. The molecule has 0 heterocycles. The summed E-state index contributed by atoms with van der Waals surface area (Å²) in [6.45, 7) is 7.48. The van der Waals surface area contributed by atoms with Gasteiger partial charge in [0, 0.05) is 14.2 Å². The van der Waals surface area contributed by atoms with Crippen molar-refractivity contribution in [3.05, 3.63) is 41.5 Å². The molecule has 0 saturated heterocycles. The van der Waals surface area contributed by atoms with Gasteiger partial charge in [0.1, 0.15) is 5.75 Å². The molecule has 0 radical (unpaired) electrons. The molecule has 0 atom stereocenters. The van der Waals surface area contributed by atoms with E-state index >= 15 is 0 Å². The Morgan fingerprint density at radius 1 is 1.17 bits per heavy atom. The molecular weight excluding hydrogens is 319 g/mol. The van der Waals surface area contributed by atoms with Crippen LogP contribution in [-0.4, -0.2) is 39.6 Å². The lowest BCUT2D eigenvalue weighted by atomic mass is 10.1. The van der Waals surface area contributed by atoms with Crippen LogP contribution in [0.1, 0.15) is 11.1 Å². The molecule has 0 aliphatic rings. The maximum absolute atomic E-state index is 12.0. The molecule has 0 aromatic heterocycles. The van der Waals surface area contributed by atoms with Crippen molar-refractivity contribution in [1.82, 2.24) is 0 Å². The maximum atomic E-state index is 12.0. The fourth-order valence-corrected chi connectivity index (χ4v) is 2.68. The predicted octanol–water partition coefficient (Wildman–Crippen LogP) is 3.27. The number of carbonyl (C=O) groups excluding carboxylic acids is 1. The number of hydrogen-bond acceptors (Lipinski definition) is 6. The number of rotatable bonds is 9. The molecule has 1 rings (SSSR count). The molecule has 0 unspecified atom stereocenters. The fourth-order valence-electron chi connectivity index (χ4n) is 1.81. The van der Waals surface area contributed by atoms with Gasteiger partial charge in [0.15, 0.2) is 0 Å². The van der Waals surface area contributed by atoms with Crippen molar-refractivity contribution >= 4 is 13.6 Å². The predicted molar refractivity (Wildman–Crippen MR) is 88.0 cm³/mol. The van der Waals surface area contributed by atoms with E-state index in [9.17, 15) is 9.36 Å². The Morgan fingerprint density at radius 2 is 1.74 bits per heavy atom. The van der Waals surface area contributed by atoms with Crippen LogP contribution in [0.3, 0.4) is 0 Å². The lowest BCUT2D eigenvalue weighted by molar-refractivity contribution is -0.130. The number of carbonyl (C=O) groups is 1. The van der Waals surface area contributed by atoms with Crippen molar-refractivity contribution in [2.45, 2.75) is 13.8 Å². The lowest BCUT2D eigenvalue weighted by Crippen LogP contribution is -2.16. The molecule has 0 saturated carbocycles. The smallest absolute Gasteiger partial charge is 0.341 e. The van der Waals surface area contributed by atoms with Gasteiger partial charge in [0.25, 0.3) is 0 Å². The van der Waals surface area contributed by atoms with Crippen molar-refractivity contribution in [2.24, 2.45) is 0 Å². The number of esters is 1. The van der Waals surface area contributed by atoms with Crippen molar-refractivity contribution in [2.75, 3.05) is 33.6 Å². The van der Waals surface area contributed by atoms with E-state index in [1.165, 1.54) is 14.2 Å². The minimum Gasteiger partial charge on any atom is -0.423 e. The van der Waals surface area contributed by atoms with Crippen LogP contribution in [0.25, 0.3) is 0 Å². The van der Waals surface area contributed by atoms with Crippen LogP contribution in [0.2, 0.25) is 0 Å². The summed E-state index contributed by atoms with van der Waals surface area (Å²) in [5.74, 6) is -0.0222. The molecule has 1 aromatic rings. The third kappa shape index (κ3) is 5.92. The normalized spacial score (nSPS) is 11.3. The summed E-state index contributed by atoms with van der Waals surface area (Å²) >= 11 is 0. The number of aryl methyl sites for hydroxylation is 2. The molecule has 6 nitrogen and oxygen atoms in total. The average molecular weight is 342 g/mol. The highest BCUT2D eigenvalue weighted by molar-refractivity contribution is 7.53. The fraction of sp³-hybridized carbons (Fsp3) is 0.438. The molecule has 0 aliphatic heterocycles. The van der Waals surface area contributed by atoms with Crippen molar-refractivity contribution in [1.29, 1.82) is 0 Å². The van der Waals surface area contributed by atoms with Crippen LogP contribution in [0.15, 0.2) is 30.4 Å². The summed E-state index contributed by atoms with van der Waals surface area (Å²) in [5, 5.41) is 0. The summed E-state index contributed by atoms with van der Waals surface area (Å²) in [4.78, 5) is 12.0. The molecule has 0 N–H and O–H groups in total. The maximum Gasteiger partial charge on any atom is 0.341 e. The highest BCUT2D eigenvalue weighted by atomic mass is 31.2. The van der Waals surface area contributed by atoms with Gasteiger partial charge in [0.05, 0.1) is 24.9 Å². The quantitative estimate of drug-likeness (QED) is 0.225. The van der Waals surface area contributed by atoms with Crippen molar-refractivity contribution in [3.8, 4) is 5.75 Å². The van der Waals surface area contributed by atoms with Gasteiger partial charge in [-0.15, -0.1) is 0 Å². The summed E-state index contributed by atoms with van der Waals surface area (Å²) in [6, 6.07) is 5.62. The number of para-hydroxylation sites is 1. The number of ether oxygens (including phenoxy) is 2. The van der Waals surface area contributed by atoms with Gasteiger partial charge in [-0.1, -0.05) is 24.8 Å². The summed E-state index contributed by atoms with van der Waals surface area (Å²) in [7, 11) is -0.482. The molecule has 0 aliphatic carbocycles. The van der Waals surface area contributed by atoms with Gasteiger partial charge in [0.2, 0.25) is 0 Å². The average Bonchev–Trinajstić information content (AvgIpc) is 2.54. The van der Waals surface area contributed by atoms with E-state index in [4.69, 9.17) is 18.5 Å². The molecule has 0 bridgehead atoms. The number of benzene rings is 1. The molecule has 0 amide bonds. The Bertz CT molecular complexity index is 582. The van der Waals surface area contributed by atoms with E-state index in [0.717, 1.165) is 11.1 Å². The van der Waals surface area contributed by atoms with Crippen LogP contribution in [0.4, 0.5) is 0 Å². The van der Waals surface area contributed by atoms with Gasteiger partial charge in [-0.3, -0.25) is 4.57 Å². The van der Waals surface area contributed by atoms with E-state index in [1.54, 1.807) is 0 Å². The SMILES string of the molecule is C=C(COCCP(=O)(OC)OC)C(=O)Oc1c(C)cccc1C. The molecule has 7 heteroatoms. The minimum absolute atomic E-state index is 0.0167. The van der Waals surface area contributed by atoms with Crippen LogP contribution < -0.4 is 4.74 Å². The molecular formula is C16H23O6P. The topological polar surface area (TPSA) is 71.1 Å². The molecule has 0 fully saturated rings. The molecule has 0 spiro atoms. The molecule has 1 aromatic carbocycles. The van der Waals surface area contributed by atoms with Gasteiger partial charge in [-0.05, 0) is 25.0 Å². The highest BCUT2D eigenvalue weighted by Crippen LogP contribution is 2.45. The Labute approximate surface area is 136 Å². The standard InChI is InChI=1S/C16H23O6P/c1-12-7-6-8-13(2)15(12)22-16(17)14(3)11-21-9-10-23(18,19-4)20-5/h6-8H,3,9-11H2,1-2,4-5H3. The first-order valence-corrected chi connectivity index (χ1v) is 8.80. The van der Waals surface area contributed by atoms with Crippen LogP contribution in [-0.2, 0) is 23.1 Å². The van der Waals surface area contributed by atoms with Crippen LogP contribution in [0, 0.1) is 13.8 Å². The Kier molecular flexibility index (Phi) is 7.65. The summed E-state index contributed by atoms with van der Waals surface area (Å²) < 4.78 is 32.0. The van der Waals surface area contributed by atoms with Gasteiger partial charge in [-0.2, -0.15) is 0 Å². The van der Waals surface area contributed by atoms with Gasteiger partial charge in [-0.25, -0.2) is 4.79 Å². The second-order valence-electron chi connectivity index (χ2n) is 4.97. The Morgan fingerprint density at radius 3 is 2.26 bits per heavy atom. The van der Waals surface area contributed by atoms with Crippen molar-refractivity contribution in [3.63, 3.8) is 0 Å². The number of hydrogen-bond donors (Lipinski definition) is 0. The monoisotopic (exact) mass is 342 g/mol. The van der Waals surface area contributed by atoms with Gasteiger partial charge < -0.3 is 18.5 Å². The highest BCUT2D eigenvalue weighted by Gasteiger charge is 2.20. The zero-order valence-corrected chi connectivity index (χ0v) is 14.9. The second kappa shape index (κ2) is 8.99. The third-order valence-corrected chi connectivity index (χ3v) is 5.08. The minimum atomic E-state index is -3.10. The van der Waals surface area contributed by atoms with E-state index in [1.807, 2.05) is 32.0 Å². The largest absolute Gasteiger partial charge is 0.423 e. The van der Waals surface area contributed by atoms with E-state index < -0.39 is 13.6 Å². The zero-order chi connectivity index (χ0) is 17.5. The first-order valence-electron chi connectivity index (χ1n) is 7.07. The van der Waals surface area contributed by atoms with Crippen LogP contribution in [0.5, 0.6) is 5.75 Å². The Hall–Kier alpha value is -1.46. The van der Waals surface area contributed by atoms with Gasteiger partial charge >= 0.3 is 13.6 Å².